The lowest BCUT2D eigenvalue weighted by Gasteiger charge is -2.12. The molecule has 0 spiro atoms. The van der Waals surface area contributed by atoms with E-state index >= 15 is 0 Å². The number of rotatable bonds is 6. The monoisotopic (exact) mass is 438 g/mol. The van der Waals surface area contributed by atoms with Crippen LogP contribution in [0.25, 0.3) is 0 Å². The number of thioether (sulfide) groups is 1. The molecule has 3 aromatic rings. The van der Waals surface area contributed by atoms with Crippen LogP contribution in [-0.4, -0.2) is 17.6 Å². The Morgan fingerprint density at radius 2 is 1.71 bits per heavy atom. The third-order valence-corrected chi connectivity index (χ3v) is 5.72. The van der Waals surface area contributed by atoms with Crippen LogP contribution in [0.3, 0.4) is 0 Å². The van der Waals surface area contributed by atoms with Crippen molar-refractivity contribution in [1.29, 1.82) is 0 Å². The molecule has 0 saturated heterocycles. The second-order valence-electron chi connectivity index (χ2n) is 5.46. The van der Waals surface area contributed by atoms with Gasteiger partial charge in [0.25, 0.3) is 17.6 Å². The summed E-state index contributed by atoms with van der Waals surface area (Å²) in [5.74, 6) is -3.38. The van der Waals surface area contributed by atoms with Crippen molar-refractivity contribution in [3.8, 4) is 0 Å². The summed E-state index contributed by atoms with van der Waals surface area (Å²) in [6.45, 7) is 0. The van der Waals surface area contributed by atoms with Crippen LogP contribution in [0.4, 0.5) is 20.2 Å². The maximum Gasteiger partial charge on any atom is 0.289 e. The highest BCUT2D eigenvalue weighted by Crippen LogP contribution is 2.37. The van der Waals surface area contributed by atoms with Crippen molar-refractivity contribution in [2.45, 2.75) is 10.7 Å². The van der Waals surface area contributed by atoms with Crippen molar-refractivity contribution in [3.63, 3.8) is 0 Å². The highest BCUT2D eigenvalue weighted by Gasteiger charge is 2.16. The van der Waals surface area contributed by atoms with Crippen molar-refractivity contribution in [1.82, 2.24) is 0 Å². The van der Waals surface area contributed by atoms with Gasteiger partial charge in [-0.05, 0) is 47.8 Å². The summed E-state index contributed by atoms with van der Waals surface area (Å²) < 4.78 is 25.5. The van der Waals surface area contributed by atoms with Gasteiger partial charge >= 0.3 is 0 Å². The first kappa shape index (κ1) is 20.3. The Balaban J connectivity index is 1.70. The zero-order valence-corrected chi connectivity index (χ0v) is 16.5. The van der Waals surface area contributed by atoms with Crippen LogP contribution in [-0.2, 0) is 0 Å². The first-order valence-corrected chi connectivity index (χ1v) is 10.1. The molecule has 0 bridgehead atoms. The van der Waals surface area contributed by atoms with Crippen LogP contribution in [0.1, 0.15) is 20.0 Å². The van der Waals surface area contributed by atoms with E-state index < -0.39 is 11.7 Å². The highest BCUT2D eigenvalue weighted by molar-refractivity contribution is 7.99. The number of nitrogens with one attached hydrogen (secondary N) is 2. The predicted octanol–water partition coefficient (Wildman–Crippen LogP) is 6.22. The molecule has 2 N–H and O–H groups in total. The summed E-state index contributed by atoms with van der Waals surface area (Å²) in [6.07, 6.45) is 0. The number of hydrogen-bond donors (Lipinski definition) is 2. The zero-order valence-electron chi connectivity index (χ0n) is 14.1. The van der Waals surface area contributed by atoms with Crippen LogP contribution in [0, 0.1) is 0 Å². The first-order chi connectivity index (χ1) is 13.4. The van der Waals surface area contributed by atoms with Crippen LogP contribution < -0.4 is 10.6 Å². The first-order valence-electron chi connectivity index (χ1n) is 7.93. The van der Waals surface area contributed by atoms with E-state index in [-0.39, 0.29) is 33.3 Å². The number of anilines is 2. The molecule has 0 aliphatic carbocycles. The van der Waals surface area contributed by atoms with Crippen molar-refractivity contribution in [3.05, 3.63) is 75.4 Å². The largest absolute Gasteiger partial charge is 0.321 e. The van der Waals surface area contributed by atoms with Gasteiger partial charge < -0.3 is 10.6 Å². The van der Waals surface area contributed by atoms with Crippen molar-refractivity contribution < 1.29 is 18.4 Å². The molecule has 28 heavy (non-hydrogen) atoms. The second-order valence-corrected chi connectivity index (χ2v) is 7.81. The maximum atomic E-state index is 12.7. The molecule has 2 amide bonds. The number of amides is 2. The Morgan fingerprint density at radius 1 is 0.964 bits per heavy atom. The molecule has 2 aromatic carbocycles. The van der Waals surface area contributed by atoms with E-state index in [0.717, 1.165) is 0 Å². The SMILES string of the molecule is O=C(Nc1cccc(Cl)c1SC(F)F)c1ccc(NC(=O)c2cccs2)cc1. The van der Waals surface area contributed by atoms with Gasteiger partial charge in [-0.1, -0.05) is 35.5 Å². The number of carbonyl (C=O) groups excluding carboxylic acids is 2. The minimum atomic E-state index is -2.67. The number of halogens is 3. The van der Waals surface area contributed by atoms with Gasteiger partial charge in [-0.2, -0.15) is 8.78 Å². The van der Waals surface area contributed by atoms with Gasteiger partial charge in [0.2, 0.25) is 0 Å². The topological polar surface area (TPSA) is 58.2 Å². The van der Waals surface area contributed by atoms with Gasteiger partial charge in [0.15, 0.2) is 0 Å². The number of alkyl halides is 2. The van der Waals surface area contributed by atoms with E-state index in [1.165, 1.54) is 35.6 Å². The average Bonchev–Trinajstić information content (AvgIpc) is 3.20. The molecule has 3 rings (SSSR count). The third kappa shape index (κ3) is 5.09. The van der Waals surface area contributed by atoms with E-state index in [9.17, 15) is 18.4 Å². The fourth-order valence-corrected chi connectivity index (χ4v) is 3.85. The van der Waals surface area contributed by atoms with Crippen molar-refractivity contribution >= 4 is 57.9 Å². The van der Waals surface area contributed by atoms with Crippen molar-refractivity contribution in [2.75, 3.05) is 10.6 Å². The van der Waals surface area contributed by atoms with Crippen molar-refractivity contribution in [2.24, 2.45) is 0 Å². The van der Waals surface area contributed by atoms with Crippen LogP contribution in [0.15, 0.2) is 64.9 Å². The van der Waals surface area contributed by atoms with Crippen LogP contribution in [0.2, 0.25) is 5.02 Å². The van der Waals surface area contributed by atoms with Gasteiger partial charge in [0.1, 0.15) is 0 Å². The number of hydrogen-bond acceptors (Lipinski definition) is 4. The Labute approximate surface area is 172 Å². The van der Waals surface area contributed by atoms with E-state index in [1.54, 1.807) is 35.7 Å². The summed E-state index contributed by atoms with van der Waals surface area (Å²) in [4.78, 5) is 25.2. The predicted molar refractivity (Wildman–Crippen MR) is 110 cm³/mol. The van der Waals surface area contributed by atoms with Crippen LogP contribution >= 0.6 is 34.7 Å². The van der Waals surface area contributed by atoms with Crippen LogP contribution in [0.5, 0.6) is 0 Å². The van der Waals surface area contributed by atoms with E-state index in [0.29, 0.717) is 16.1 Å². The third-order valence-electron chi connectivity index (χ3n) is 3.57. The fourth-order valence-electron chi connectivity index (χ4n) is 2.32. The molecular weight excluding hydrogens is 426 g/mol. The highest BCUT2D eigenvalue weighted by atomic mass is 35.5. The number of benzene rings is 2. The Morgan fingerprint density at radius 3 is 2.36 bits per heavy atom. The molecule has 0 aliphatic heterocycles. The Bertz CT molecular complexity index is 980. The smallest absolute Gasteiger partial charge is 0.289 e. The second kappa shape index (κ2) is 9.18. The lowest BCUT2D eigenvalue weighted by molar-refractivity contribution is 0.102. The molecule has 144 valence electrons. The van der Waals surface area contributed by atoms with Gasteiger partial charge in [-0.25, -0.2) is 0 Å². The fraction of sp³-hybridized carbons (Fsp3) is 0.0526. The standard InChI is InChI=1S/C19H13ClF2N2O2S2/c20-13-3-1-4-14(16(13)28-19(21)22)24-17(25)11-6-8-12(9-7-11)23-18(26)15-5-2-10-27-15/h1-10,19H,(H,23,26)(H,24,25). The van der Waals surface area contributed by atoms with E-state index in [4.69, 9.17) is 11.6 Å². The molecular formula is C19H13ClF2N2O2S2. The minimum absolute atomic E-state index is 0.104. The molecule has 4 nitrogen and oxygen atoms in total. The summed E-state index contributed by atoms with van der Waals surface area (Å²) in [6, 6.07) is 14.3. The summed E-state index contributed by atoms with van der Waals surface area (Å²) in [5, 5.41) is 7.26. The van der Waals surface area contributed by atoms with Gasteiger partial charge in [0.05, 0.1) is 20.5 Å². The molecule has 0 saturated carbocycles. The summed E-state index contributed by atoms with van der Waals surface area (Å²) in [5.41, 5.74) is 1.05. The summed E-state index contributed by atoms with van der Waals surface area (Å²) in [7, 11) is 0. The normalized spacial score (nSPS) is 10.7. The maximum absolute atomic E-state index is 12.7. The molecule has 1 heterocycles. The number of thiophene rings is 1. The lowest BCUT2D eigenvalue weighted by atomic mass is 10.2. The number of carbonyl (C=O) groups is 2. The lowest BCUT2D eigenvalue weighted by Crippen LogP contribution is -2.13. The molecule has 0 radical (unpaired) electrons. The molecule has 0 atom stereocenters. The van der Waals surface area contributed by atoms with Gasteiger partial charge in [0, 0.05) is 11.3 Å². The minimum Gasteiger partial charge on any atom is -0.321 e. The zero-order chi connectivity index (χ0) is 20.1. The molecule has 0 aliphatic rings. The molecule has 9 heteroatoms. The Hall–Kier alpha value is -2.42. The molecule has 0 fully saturated rings. The molecule has 1 aromatic heterocycles. The van der Waals surface area contributed by atoms with E-state index in [1.807, 2.05) is 0 Å². The van der Waals surface area contributed by atoms with Gasteiger partial charge in [-0.15, -0.1) is 11.3 Å². The van der Waals surface area contributed by atoms with E-state index in [2.05, 4.69) is 10.6 Å². The van der Waals surface area contributed by atoms with Gasteiger partial charge in [-0.3, -0.25) is 9.59 Å². The molecule has 0 unspecified atom stereocenters. The summed E-state index contributed by atoms with van der Waals surface area (Å²) >= 11 is 7.56. The quantitative estimate of drug-likeness (QED) is 0.449. The average molecular weight is 439 g/mol. The Kier molecular flexibility index (Phi) is 6.66.